The molecular weight excluding hydrogens is 439 g/mol. The van der Waals surface area contributed by atoms with E-state index in [9.17, 15) is 9.18 Å². The van der Waals surface area contributed by atoms with Crippen molar-refractivity contribution in [2.75, 3.05) is 7.11 Å². The molecule has 1 aromatic carbocycles. The van der Waals surface area contributed by atoms with Gasteiger partial charge in [-0.2, -0.15) is 0 Å². The van der Waals surface area contributed by atoms with E-state index < -0.39 is 5.82 Å². The molecule has 4 atom stereocenters. The fourth-order valence-corrected chi connectivity index (χ4v) is 7.46. The SMILES string of the molecule is CCCCCCCC1CCC2CC(C3CCC(C(=O)Oc4ccc(OC)cc4F)CC3)CCC2C1. The van der Waals surface area contributed by atoms with Gasteiger partial charge in [0.05, 0.1) is 13.0 Å². The van der Waals surface area contributed by atoms with E-state index in [1.165, 1.54) is 96.3 Å². The van der Waals surface area contributed by atoms with Crippen LogP contribution in [0.3, 0.4) is 0 Å². The van der Waals surface area contributed by atoms with Crippen LogP contribution in [0.5, 0.6) is 11.5 Å². The summed E-state index contributed by atoms with van der Waals surface area (Å²) < 4.78 is 24.6. The van der Waals surface area contributed by atoms with Gasteiger partial charge in [0.1, 0.15) is 5.75 Å². The molecule has 0 aliphatic heterocycles. The number of rotatable bonds is 10. The molecule has 4 rings (SSSR count). The van der Waals surface area contributed by atoms with Crippen molar-refractivity contribution in [2.24, 2.45) is 35.5 Å². The van der Waals surface area contributed by atoms with Crippen molar-refractivity contribution in [3.05, 3.63) is 24.0 Å². The maximum Gasteiger partial charge on any atom is 0.314 e. The van der Waals surface area contributed by atoms with Crippen LogP contribution in [0.4, 0.5) is 4.39 Å². The van der Waals surface area contributed by atoms with Crippen LogP contribution in [0.25, 0.3) is 0 Å². The highest BCUT2D eigenvalue weighted by Crippen LogP contribution is 2.49. The molecule has 1 aromatic rings. The Hall–Kier alpha value is -1.58. The Balaban J connectivity index is 1.17. The monoisotopic (exact) mass is 486 g/mol. The summed E-state index contributed by atoms with van der Waals surface area (Å²) in [6.45, 7) is 2.30. The lowest BCUT2D eigenvalue weighted by Crippen LogP contribution is -2.35. The summed E-state index contributed by atoms with van der Waals surface area (Å²) in [4.78, 5) is 12.7. The molecule has 0 aromatic heterocycles. The van der Waals surface area contributed by atoms with Gasteiger partial charge in [-0.25, -0.2) is 4.39 Å². The summed E-state index contributed by atoms with van der Waals surface area (Å²) in [7, 11) is 1.49. The average Bonchev–Trinajstić information content (AvgIpc) is 2.89. The zero-order valence-corrected chi connectivity index (χ0v) is 22.1. The van der Waals surface area contributed by atoms with Crippen LogP contribution >= 0.6 is 0 Å². The second kappa shape index (κ2) is 13.1. The number of hydrogen-bond donors (Lipinski definition) is 0. The van der Waals surface area contributed by atoms with Crippen LogP contribution in [-0.4, -0.2) is 13.1 Å². The van der Waals surface area contributed by atoms with Gasteiger partial charge in [0, 0.05) is 6.07 Å². The van der Waals surface area contributed by atoms with Crippen LogP contribution in [0, 0.1) is 41.3 Å². The number of halogens is 1. The Kier molecular flexibility index (Phi) is 9.92. The molecule has 35 heavy (non-hydrogen) atoms. The average molecular weight is 487 g/mol. The normalized spacial score (nSPS) is 30.9. The molecule has 0 amide bonds. The Morgan fingerprint density at radius 1 is 0.857 bits per heavy atom. The maximum absolute atomic E-state index is 14.2. The minimum atomic E-state index is -0.547. The first-order valence-electron chi connectivity index (χ1n) is 14.6. The molecule has 0 N–H and O–H groups in total. The van der Waals surface area contributed by atoms with Crippen molar-refractivity contribution in [3.8, 4) is 11.5 Å². The molecule has 196 valence electrons. The standard InChI is InChI=1S/C31H47FO3/c1-3-4-5-6-7-8-22-9-10-27-20-26(16-15-25(27)19-22)23-11-13-24(14-12-23)31(33)35-30-18-17-28(34-2)21-29(30)32/h17-18,21-27H,3-16,19-20H2,1-2H3. The summed E-state index contributed by atoms with van der Waals surface area (Å²) >= 11 is 0. The molecule has 0 spiro atoms. The third-order valence-corrected chi connectivity index (χ3v) is 9.60. The molecule has 0 radical (unpaired) electrons. The van der Waals surface area contributed by atoms with Crippen molar-refractivity contribution >= 4 is 5.97 Å². The van der Waals surface area contributed by atoms with Gasteiger partial charge in [0.25, 0.3) is 0 Å². The lowest BCUT2D eigenvalue weighted by atomic mass is 9.60. The number of esters is 1. The number of fused-ring (bicyclic) bond motifs is 1. The zero-order chi connectivity index (χ0) is 24.6. The number of carbonyl (C=O) groups excluding carboxylic acids is 1. The summed E-state index contributed by atoms with van der Waals surface area (Å²) in [5, 5.41) is 0. The van der Waals surface area contributed by atoms with E-state index in [1.54, 1.807) is 6.07 Å². The van der Waals surface area contributed by atoms with Crippen LogP contribution in [0.2, 0.25) is 0 Å². The van der Waals surface area contributed by atoms with Crippen molar-refractivity contribution in [3.63, 3.8) is 0 Å². The molecular formula is C31H47FO3. The predicted octanol–water partition coefficient (Wildman–Crippen LogP) is 8.74. The first kappa shape index (κ1) is 26.5. The third-order valence-electron chi connectivity index (χ3n) is 9.60. The highest BCUT2D eigenvalue weighted by Gasteiger charge is 2.39. The van der Waals surface area contributed by atoms with Gasteiger partial charge in [0.15, 0.2) is 11.6 Å². The highest BCUT2D eigenvalue weighted by molar-refractivity contribution is 5.75. The molecule has 3 saturated carbocycles. The smallest absolute Gasteiger partial charge is 0.314 e. The molecule has 3 nitrogen and oxygen atoms in total. The van der Waals surface area contributed by atoms with Crippen LogP contribution in [0.1, 0.15) is 110 Å². The summed E-state index contributed by atoms with van der Waals surface area (Å²) in [5.41, 5.74) is 0. The number of ether oxygens (including phenoxy) is 2. The van der Waals surface area contributed by atoms with Crippen LogP contribution < -0.4 is 9.47 Å². The summed E-state index contributed by atoms with van der Waals surface area (Å²) in [5.74, 6) is 4.03. The van der Waals surface area contributed by atoms with Crippen LogP contribution in [0.15, 0.2) is 18.2 Å². The quantitative estimate of drug-likeness (QED) is 0.188. The Bertz CT molecular complexity index is 800. The lowest BCUT2D eigenvalue weighted by Gasteiger charge is -2.45. The molecule has 0 saturated heterocycles. The molecule has 0 bridgehead atoms. The van der Waals surface area contributed by atoms with Gasteiger partial charge in [-0.05, 0) is 99.5 Å². The van der Waals surface area contributed by atoms with Gasteiger partial charge in [-0.3, -0.25) is 4.79 Å². The molecule has 4 unspecified atom stereocenters. The van der Waals surface area contributed by atoms with Crippen molar-refractivity contribution in [1.82, 2.24) is 0 Å². The zero-order valence-electron chi connectivity index (χ0n) is 22.1. The number of methoxy groups -OCH3 is 1. The van der Waals surface area contributed by atoms with Crippen molar-refractivity contribution in [2.45, 2.75) is 110 Å². The Morgan fingerprint density at radius 3 is 2.23 bits per heavy atom. The second-order valence-corrected chi connectivity index (χ2v) is 11.8. The minimum absolute atomic E-state index is 0.00723. The van der Waals surface area contributed by atoms with Gasteiger partial charge >= 0.3 is 5.97 Å². The predicted molar refractivity (Wildman–Crippen MR) is 139 cm³/mol. The Morgan fingerprint density at radius 2 is 1.51 bits per heavy atom. The second-order valence-electron chi connectivity index (χ2n) is 11.8. The highest BCUT2D eigenvalue weighted by atomic mass is 19.1. The first-order valence-corrected chi connectivity index (χ1v) is 14.6. The van der Waals surface area contributed by atoms with Crippen molar-refractivity contribution < 1.29 is 18.7 Å². The summed E-state index contributed by atoms with van der Waals surface area (Å²) in [6, 6.07) is 4.37. The topological polar surface area (TPSA) is 35.5 Å². The van der Waals surface area contributed by atoms with Gasteiger partial charge in [-0.15, -0.1) is 0 Å². The molecule has 3 fully saturated rings. The summed E-state index contributed by atoms with van der Waals surface area (Å²) in [6.07, 6.45) is 21.2. The fraction of sp³-hybridized carbons (Fsp3) is 0.774. The minimum Gasteiger partial charge on any atom is -0.497 e. The van der Waals surface area contributed by atoms with E-state index in [0.29, 0.717) is 5.75 Å². The Labute approximate surface area is 212 Å². The van der Waals surface area contributed by atoms with E-state index >= 15 is 0 Å². The lowest BCUT2D eigenvalue weighted by molar-refractivity contribution is -0.140. The first-order chi connectivity index (χ1) is 17.1. The van der Waals surface area contributed by atoms with E-state index in [-0.39, 0.29) is 17.6 Å². The van der Waals surface area contributed by atoms with Gasteiger partial charge < -0.3 is 9.47 Å². The molecule has 3 aliphatic rings. The molecule has 0 heterocycles. The van der Waals surface area contributed by atoms with E-state index in [1.807, 2.05) is 0 Å². The van der Waals surface area contributed by atoms with E-state index in [4.69, 9.17) is 9.47 Å². The fourth-order valence-electron chi connectivity index (χ4n) is 7.46. The van der Waals surface area contributed by atoms with Gasteiger partial charge in [-0.1, -0.05) is 51.9 Å². The number of hydrogen-bond acceptors (Lipinski definition) is 3. The van der Waals surface area contributed by atoms with Crippen molar-refractivity contribution in [1.29, 1.82) is 0 Å². The third kappa shape index (κ3) is 7.23. The largest absolute Gasteiger partial charge is 0.497 e. The number of benzene rings is 1. The number of carbonyl (C=O) groups is 1. The maximum atomic E-state index is 14.2. The van der Waals surface area contributed by atoms with E-state index in [0.717, 1.165) is 55.3 Å². The number of unbranched alkanes of at least 4 members (excludes halogenated alkanes) is 4. The van der Waals surface area contributed by atoms with Gasteiger partial charge in [0.2, 0.25) is 0 Å². The van der Waals surface area contributed by atoms with E-state index in [2.05, 4.69) is 6.92 Å². The molecule has 4 heteroatoms. The van der Waals surface area contributed by atoms with Crippen LogP contribution in [-0.2, 0) is 4.79 Å². The molecule has 3 aliphatic carbocycles.